The summed E-state index contributed by atoms with van der Waals surface area (Å²) in [4.78, 5) is 22.6. The highest BCUT2D eigenvalue weighted by Gasteiger charge is 2.26. The van der Waals surface area contributed by atoms with Crippen molar-refractivity contribution in [1.29, 1.82) is 0 Å². The molecule has 1 aromatic heterocycles. The third kappa shape index (κ3) is 3.06. The van der Waals surface area contributed by atoms with E-state index in [4.69, 9.17) is 23.2 Å². The molecule has 0 amide bonds. The highest BCUT2D eigenvalue weighted by Crippen LogP contribution is 2.26. The number of aryl methyl sites for hydroxylation is 1. The second-order valence-corrected chi connectivity index (χ2v) is 5.38. The largest absolute Gasteiger partial charge is 0.392 e. The smallest absolute Gasteiger partial charge is 0.358 e. The van der Waals surface area contributed by atoms with Crippen molar-refractivity contribution in [3.8, 4) is 0 Å². The van der Waals surface area contributed by atoms with Crippen LogP contribution in [0.25, 0.3) is 0 Å². The minimum absolute atomic E-state index is 0.234. The van der Waals surface area contributed by atoms with Crippen LogP contribution >= 0.6 is 23.2 Å². The van der Waals surface area contributed by atoms with E-state index in [1.54, 1.807) is 19.9 Å². The molecule has 0 aliphatic heterocycles. The number of Topliss-reactive ketones (excluding diaryl/α,β-unsaturated/α-hetero) is 1. The Labute approximate surface area is 130 Å². The number of hydrogen-bond acceptors (Lipinski definition) is 4. The van der Waals surface area contributed by atoms with Crippen molar-refractivity contribution in [3.05, 3.63) is 55.7 Å². The molecule has 21 heavy (non-hydrogen) atoms. The van der Waals surface area contributed by atoms with Crippen LogP contribution in [0.5, 0.6) is 0 Å². The predicted octanol–water partition coefficient (Wildman–Crippen LogP) is 3.85. The molecule has 110 valence electrons. The Morgan fingerprint density at radius 2 is 2.10 bits per heavy atom. The lowest BCUT2D eigenvalue weighted by molar-refractivity contribution is -0.390. The van der Waals surface area contributed by atoms with Crippen molar-refractivity contribution in [3.63, 3.8) is 0 Å². The van der Waals surface area contributed by atoms with Crippen molar-refractivity contribution in [1.82, 2.24) is 9.78 Å². The zero-order valence-corrected chi connectivity index (χ0v) is 12.7. The van der Waals surface area contributed by atoms with Gasteiger partial charge in [0.15, 0.2) is 5.78 Å². The second-order valence-electron chi connectivity index (χ2n) is 4.54. The van der Waals surface area contributed by atoms with Gasteiger partial charge in [0, 0.05) is 10.6 Å². The molecule has 0 aliphatic rings. The molecule has 8 heteroatoms. The summed E-state index contributed by atoms with van der Waals surface area (Å²) in [5, 5.41) is 15.3. The Bertz CT molecular complexity index is 727. The molecule has 2 rings (SSSR count). The van der Waals surface area contributed by atoms with Crippen molar-refractivity contribution in [2.75, 3.05) is 0 Å². The Balaban J connectivity index is 2.35. The molecule has 0 saturated carbocycles. The van der Waals surface area contributed by atoms with Crippen LogP contribution in [0, 0.1) is 17.0 Å². The number of hydrogen-bond donors (Lipinski definition) is 0. The van der Waals surface area contributed by atoms with E-state index in [0.29, 0.717) is 16.1 Å². The van der Waals surface area contributed by atoms with E-state index in [-0.39, 0.29) is 16.6 Å². The Hall–Kier alpha value is -1.92. The monoisotopic (exact) mass is 327 g/mol. The number of ketones is 1. The number of halogens is 2. The van der Waals surface area contributed by atoms with Gasteiger partial charge in [-0.2, -0.15) is 4.68 Å². The normalized spacial score (nSPS) is 12.2. The van der Waals surface area contributed by atoms with Gasteiger partial charge in [-0.15, -0.1) is 0 Å². The summed E-state index contributed by atoms with van der Waals surface area (Å²) in [6, 6.07) is 3.84. The van der Waals surface area contributed by atoms with Crippen molar-refractivity contribution < 1.29 is 9.72 Å². The van der Waals surface area contributed by atoms with Crippen LogP contribution in [0.3, 0.4) is 0 Å². The molecule has 0 aliphatic carbocycles. The van der Waals surface area contributed by atoms with Gasteiger partial charge in [-0.3, -0.25) is 4.79 Å². The number of carbonyl (C=O) groups excluding carboxylic acids is 1. The van der Waals surface area contributed by atoms with Gasteiger partial charge >= 0.3 is 5.82 Å². The number of aromatic nitrogens is 2. The molecule has 6 nitrogen and oxygen atoms in total. The van der Waals surface area contributed by atoms with E-state index in [1.165, 1.54) is 23.0 Å². The Morgan fingerprint density at radius 3 is 2.62 bits per heavy atom. The maximum absolute atomic E-state index is 12.4. The van der Waals surface area contributed by atoms with Gasteiger partial charge in [-0.1, -0.05) is 23.2 Å². The van der Waals surface area contributed by atoms with Gasteiger partial charge in [-0.05, 0) is 37.0 Å². The van der Waals surface area contributed by atoms with Crippen LogP contribution < -0.4 is 0 Å². The lowest BCUT2D eigenvalue weighted by Crippen LogP contribution is -2.17. The van der Waals surface area contributed by atoms with Crippen molar-refractivity contribution in [2.45, 2.75) is 19.9 Å². The number of nitro groups is 1. The Morgan fingerprint density at radius 1 is 1.43 bits per heavy atom. The van der Waals surface area contributed by atoms with E-state index < -0.39 is 11.0 Å². The lowest BCUT2D eigenvalue weighted by atomic mass is 10.1. The highest BCUT2D eigenvalue weighted by molar-refractivity contribution is 6.36. The average molecular weight is 328 g/mol. The predicted molar refractivity (Wildman–Crippen MR) is 79.1 cm³/mol. The Kier molecular flexibility index (Phi) is 4.29. The molecule has 1 atom stereocenters. The SMILES string of the molecule is Cc1cn(C(C)C(=O)c2ccc(Cl)cc2Cl)nc1[N+](=O)[O-]. The molecule has 1 heterocycles. The van der Waals surface area contributed by atoms with Gasteiger partial charge in [0.05, 0.1) is 21.9 Å². The fourth-order valence-corrected chi connectivity index (χ4v) is 2.39. The number of benzene rings is 1. The van der Waals surface area contributed by atoms with Crippen LogP contribution in [0.15, 0.2) is 24.4 Å². The van der Waals surface area contributed by atoms with Crippen LogP contribution in [-0.4, -0.2) is 20.5 Å². The molecule has 0 fully saturated rings. The van der Waals surface area contributed by atoms with Crippen LogP contribution in [-0.2, 0) is 0 Å². The molecular weight excluding hydrogens is 317 g/mol. The van der Waals surface area contributed by atoms with Crippen LogP contribution in [0.2, 0.25) is 10.0 Å². The van der Waals surface area contributed by atoms with E-state index in [0.717, 1.165) is 0 Å². The first kappa shape index (κ1) is 15.5. The zero-order chi connectivity index (χ0) is 15.7. The molecule has 0 saturated heterocycles. The van der Waals surface area contributed by atoms with E-state index >= 15 is 0 Å². The average Bonchev–Trinajstić information content (AvgIpc) is 2.79. The summed E-state index contributed by atoms with van der Waals surface area (Å²) in [5.41, 5.74) is 0.686. The molecule has 0 radical (unpaired) electrons. The number of nitrogens with zero attached hydrogens (tertiary/aromatic N) is 3. The zero-order valence-electron chi connectivity index (χ0n) is 11.2. The molecular formula is C13H11Cl2N3O3. The quantitative estimate of drug-likeness (QED) is 0.485. The summed E-state index contributed by atoms with van der Waals surface area (Å²) < 4.78 is 1.26. The van der Waals surface area contributed by atoms with E-state index in [1.807, 2.05) is 0 Å². The van der Waals surface area contributed by atoms with Crippen LogP contribution in [0.1, 0.15) is 28.9 Å². The first-order chi connectivity index (χ1) is 9.81. The van der Waals surface area contributed by atoms with Crippen molar-refractivity contribution >= 4 is 34.8 Å². The molecule has 0 spiro atoms. The fraction of sp³-hybridized carbons (Fsp3) is 0.231. The van der Waals surface area contributed by atoms with Gasteiger partial charge in [-0.25, -0.2) is 0 Å². The van der Waals surface area contributed by atoms with E-state index in [2.05, 4.69) is 5.10 Å². The van der Waals surface area contributed by atoms with Gasteiger partial charge in [0.2, 0.25) is 0 Å². The summed E-state index contributed by atoms with van der Waals surface area (Å²) in [7, 11) is 0. The van der Waals surface area contributed by atoms with Gasteiger partial charge in [0.25, 0.3) is 0 Å². The van der Waals surface area contributed by atoms with Gasteiger partial charge < -0.3 is 10.1 Å². The summed E-state index contributed by atoms with van der Waals surface area (Å²) >= 11 is 11.8. The lowest BCUT2D eigenvalue weighted by Gasteiger charge is -2.09. The first-order valence-corrected chi connectivity index (χ1v) is 6.76. The van der Waals surface area contributed by atoms with E-state index in [9.17, 15) is 14.9 Å². The second kappa shape index (κ2) is 5.83. The molecule has 0 N–H and O–H groups in total. The van der Waals surface area contributed by atoms with Gasteiger partial charge in [0.1, 0.15) is 6.04 Å². The highest BCUT2D eigenvalue weighted by atomic mass is 35.5. The molecule has 2 aromatic rings. The topological polar surface area (TPSA) is 78.0 Å². The fourth-order valence-electron chi connectivity index (χ4n) is 1.89. The molecule has 1 aromatic carbocycles. The van der Waals surface area contributed by atoms with Crippen LogP contribution in [0.4, 0.5) is 5.82 Å². The minimum Gasteiger partial charge on any atom is -0.358 e. The summed E-state index contributed by atoms with van der Waals surface area (Å²) in [6.45, 7) is 3.16. The summed E-state index contributed by atoms with van der Waals surface area (Å²) in [6.07, 6.45) is 1.46. The third-order valence-electron chi connectivity index (χ3n) is 3.03. The third-order valence-corrected chi connectivity index (χ3v) is 3.58. The summed E-state index contributed by atoms with van der Waals surface area (Å²) in [5.74, 6) is -0.564. The van der Waals surface area contributed by atoms with Crippen molar-refractivity contribution in [2.24, 2.45) is 0 Å². The number of carbonyl (C=O) groups is 1. The number of rotatable bonds is 4. The molecule has 0 bridgehead atoms. The maximum atomic E-state index is 12.4. The molecule has 1 unspecified atom stereocenters. The maximum Gasteiger partial charge on any atom is 0.392 e. The standard InChI is InChI=1S/C13H11Cl2N3O3/c1-7-6-17(16-13(7)18(20)21)8(2)12(19)10-4-3-9(14)5-11(10)15/h3-6,8H,1-2H3. The first-order valence-electron chi connectivity index (χ1n) is 6.00. The minimum atomic E-state index is -0.712.